The lowest BCUT2D eigenvalue weighted by atomic mass is 10.1. The molecule has 3 aliphatic heterocycles. The van der Waals surface area contributed by atoms with Crippen LogP contribution in [-0.2, 0) is 40.8 Å². The fourth-order valence-electron chi connectivity index (χ4n) is 13.3. The SMILES string of the molecule is CC(C)N1CCN(c2ccc3ncc(-c4ccn(C)c4)nc3c2)c2cc(O)cc(O)c2C1.COc1cc(O)c2c(c1)N(c1ccc3ncc(-c4ccn(C)c4)nc3c1)CCN(C(C)C)C2.COc1cc(O)cc2c1CN(C(C)C)CCN2c1ccc2ncc(-c3ccn(C)c3)nc2c1. The van der Waals surface area contributed by atoms with Crippen LogP contribution in [0.4, 0.5) is 34.1 Å². The zero-order chi connectivity index (χ0) is 68.6. The van der Waals surface area contributed by atoms with Crippen LogP contribution >= 0.6 is 0 Å². The van der Waals surface area contributed by atoms with E-state index in [4.69, 9.17) is 24.4 Å². The van der Waals surface area contributed by atoms with Gasteiger partial charge in [-0.25, -0.2) is 15.0 Å². The lowest BCUT2D eigenvalue weighted by Crippen LogP contribution is -2.34. The van der Waals surface area contributed by atoms with Gasteiger partial charge < -0.3 is 58.3 Å². The Morgan fingerprint density at radius 2 is 0.735 bits per heavy atom. The number of phenolic OH excluding ortho intramolecular Hbond substituents is 4. The summed E-state index contributed by atoms with van der Waals surface area (Å²) in [7, 11) is 9.26. The van der Waals surface area contributed by atoms with Crippen molar-refractivity contribution in [3.8, 4) is 68.3 Å². The van der Waals surface area contributed by atoms with Crippen LogP contribution in [0.1, 0.15) is 58.2 Å². The smallest absolute Gasteiger partial charge is 0.129 e. The van der Waals surface area contributed by atoms with Gasteiger partial charge in [0.15, 0.2) is 0 Å². The zero-order valence-electron chi connectivity index (χ0n) is 57.5. The Balaban J connectivity index is 0.000000132. The Bertz CT molecular complexity index is 4760. The quantitative estimate of drug-likeness (QED) is 0.0948. The number of methoxy groups -OCH3 is 2. The van der Waals surface area contributed by atoms with Gasteiger partial charge in [-0.1, -0.05) is 0 Å². The normalized spacial score (nSPS) is 14.6. The molecule has 6 aromatic carbocycles. The van der Waals surface area contributed by atoms with Crippen LogP contribution in [0.3, 0.4) is 0 Å². The second-order valence-corrected chi connectivity index (χ2v) is 26.4. The van der Waals surface area contributed by atoms with E-state index in [2.05, 4.69) is 110 Å². The van der Waals surface area contributed by atoms with Crippen molar-refractivity contribution >= 4 is 67.2 Å². The van der Waals surface area contributed by atoms with Crippen LogP contribution in [0.25, 0.3) is 66.9 Å². The van der Waals surface area contributed by atoms with Gasteiger partial charge in [0, 0.05) is 222 Å². The molecule has 0 saturated carbocycles. The Morgan fingerprint density at radius 1 is 0.378 bits per heavy atom. The Morgan fingerprint density at radius 3 is 1.09 bits per heavy atom. The van der Waals surface area contributed by atoms with E-state index in [-0.39, 0.29) is 23.0 Å². The molecular weight excluding hydrogens is 1230 g/mol. The Kier molecular flexibility index (Phi) is 18.7. The first-order valence-electron chi connectivity index (χ1n) is 33.3. The number of anilines is 6. The number of aromatic nitrogens is 9. The summed E-state index contributed by atoms with van der Waals surface area (Å²) < 4.78 is 17.1. The predicted molar refractivity (Wildman–Crippen MR) is 389 cm³/mol. The summed E-state index contributed by atoms with van der Waals surface area (Å²) >= 11 is 0. The molecule has 15 rings (SSSR count). The molecule has 12 aromatic rings. The van der Waals surface area contributed by atoms with Crippen molar-refractivity contribution in [2.24, 2.45) is 21.1 Å². The molecule has 6 aromatic heterocycles. The summed E-state index contributed by atoms with van der Waals surface area (Å²) in [5, 5.41) is 42.1. The first kappa shape index (κ1) is 65.9. The zero-order valence-corrected chi connectivity index (χ0v) is 57.5. The highest BCUT2D eigenvalue weighted by Crippen LogP contribution is 2.44. The average Bonchev–Trinajstić information content (AvgIpc) is 1.42. The molecule has 0 unspecified atom stereocenters. The van der Waals surface area contributed by atoms with Gasteiger partial charge in [0.05, 0.1) is 100 Å². The van der Waals surface area contributed by atoms with Gasteiger partial charge in [-0.05, 0) is 114 Å². The number of hydrogen-bond donors (Lipinski definition) is 4. The monoisotopic (exact) mass is 1320 g/mol. The fraction of sp³-hybridized carbons (Fsp3) is 0.299. The molecule has 4 N–H and O–H groups in total. The average molecular weight is 1320 g/mol. The highest BCUT2D eigenvalue weighted by Gasteiger charge is 2.30. The molecule has 0 bridgehead atoms. The number of nitrogens with zero attached hydrogens (tertiary/aromatic N) is 15. The largest absolute Gasteiger partial charge is 0.508 e. The van der Waals surface area contributed by atoms with Gasteiger partial charge >= 0.3 is 0 Å². The number of benzene rings is 6. The summed E-state index contributed by atoms with van der Waals surface area (Å²) in [5.41, 5.74) is 19.2. The molecular formula is C77H85N15O6. The third-order valence-electron chi connectivity index (χ3n) is 18.9. The predicted octanol–water partition coefficient (Wildman–Crippen LogP) is 13.8. The summed E-state index contributed by atoms with van der Waals surface area (Å²) in [6.45, 7) is 20.1. The lowest BCUT2D eigenvalue weighted by molar-refractivity contribution is 0.221. The maximum absolute atomic E-state index is 10.8. The van der Waals surface area contributed by atoms with E-state index in [1.165, 1.54) is 6.07 Å². The van der Waals surface area contributed by atoms with E-state index in [0.717, 1.165) is 164 Å². The van der Waals surface area contributed by atoms with Crippen LogP contribution in [0.15, 0.2) is 165 Å². The Labute approximate surface area is 571 Å². The van der Waals surface area contributed by atoms with E-state index < -0.39 is 0 Å². The van der Waals surface area contributed by atoms with Crippen molar-refractivity contribution in [1.29, 1.82) is 0 Å². The van der Waals surface area contributed by atoms with Crippen LogP contribution in [-0.4, -0.2) is 150 Å². The Hall–Kier alpha value is -10.7. The maximum atomic E-state index is 10.8. The van der Waals surface area contributed by atoms with Gasteiger partial charge in [0.1, 0.15) is 34.5 Å². The number of hydrogen-bond acceptors (Lipinski definition) is 18. The van der Waals surface area contributed by atoms with E-state index in [1.807, 2.05) is 145 Å². The van der Waals surface area contributed by atoms with Crippen molar-refractivity contribution in [3.63, 3.8) is 0 Å². The lowest BCUT2D eigenvalue weighted by Gasteiger charge is -2.26. The first-order valence-corrected chi connectivity index (χ1v) is 33.3. The van der Waals surface area contributed by atoms with Crippen LogP contribution in [0.5, 0.6) is 34.5 Å². The summed E-state index contributed by atoms with van der Waals surface area (Å²) in [6.07, 6.45) is 17.6. The molecule has 21 nitrogen and oxygen atoms in total. The number of aryl methyl sites for hydroxylation is 3. The van der Waals surface area contributed by atoms with Gasteiger partial charge in [0.25, 0.3) is 0 Å². The van der Waals surface area contributed by atoms with Crippen LogP contribution in [0, 0.1) is 0 Å². The van der Waals surface area contributed by atoms with Gasteiger partial charge in [0.2, 0.25) is 0 Å². The van der Waals surface area contributed by atoms with Crippen molar-refractivity contribution in [1.82, 2.24) is 58.3 Å². The molecule has 9 heterocycles. The number of fused-ring (bicyclic) bond motifs is 6. The highest BCUT2D eigenvalue weighted by atomic mass is 16.5. The molecule has 0 aliphatic carbocycles. The second-order valence-electron chi connectivity index (χ2n) is 26.4. The molecule has 504 valence electrons. The van der Waals surface area contributed by atoms with E-state index in [9.17, 15) is 20.4 Å². The molecule has 21 heteroatoms. The third kappa shape index (κ3) is 13.8. The summed E-state index contributed by atoms with van der Waals surface area (Å²) in [5.74, 6) is 1.96. The second kappa shape index (κ2) is 27.8. The molecule has 3 aliphatic rings. The van der Waals surface area contributed by atoms with Crippen LogP contribution < -0.4 is 24.2 Å². The number of rotatable bonds is 11. The van der Waals surface area contributed by atoms with Gasteiger partial charge in [-0.2, -0.15) is 0 Å². The third-order valence-corrected chi connectivity index (χ3v) is 18.9. The van der Waals surface area contributed by atoms with Crippen molar-refractivity contribution < 1.29 is 29.9 Å². The summed E-state index contributed by atoms with van der Waals surface area (Å²) in [6, 6.07) is 36.0. The minimum atomic E-state index is 0.0520. The number of phenols is 4. The number of ether oxygens (including phenoxy) is 2. The minimum absolute atomic E-state index is 0.0520. The van der Waals surface area contributed by atoms with Crippen molar-refractivity contribution in [2.45, 2.75) is 79.3 Å². The van der Waals surface area contributed by atoms with E-state index in [1.54, 1.807) is 38.6 Å². The molecule has 0 fully saturated rings. The standard InChI is InChI=1S/2C26H29N5O2.C25H27N5O2/c1-17(2)30-9-10-31(25-12-20(33-4)13-26(32)21(25)16-30)19-5-6-22-23(11-19)28-24(14-27-22)18-7-8-29(3)15-18;1-17(2)30-9-10-31(25-12-20(32)13-26(33-4)21(25)16-30)19-5-6-22-23(11-19)28-24(14-27-22)18-7-8-29(3)15-18;1-16(2)29-8-9-30(24-11-19(31)12-25(32)20(24)15-29)18-4-5-21-22(10-18)27-23(13-26-21)17-6-7-28(3)14-17/h2*5-8,11-15,17,32H,9-10,16H2,1-4H3;4-7,10-14,16,31-32H,8-9,15H2,1-3H3. The molecule has 0 radical (unpaired) electrons. The van der Waals surface area contributed by atoms with Gasteiger partial charge in [-0.3, -0.25) is 29.7 Å². The topological polar surface area (TPSA) is 211 Å². The fourth-order valence-corrected chi connectivity index (χ4v) is 13.3. The van der Waals surface area contributed by atoms with Gasteiger partial charge in [-0.15, -0.1) is 0 Å². The van der Waals surface area contributed by atoms with Crippen LogP contribution in [0.2, 0.25) is 0 Å². The summed E-state index contributed by atoms with van der Waals surface area (Å²) in [4.78, 5) is 42.3. The minimum Gasteiger partial charge on any atom is -0.508 e. The van der Waals surface area contributed by atoms with Crippen molar-refractivity contribution in [2.75, 3.05) is 68.2 Å². The maximum Gasteiger partial charge on any atom is 0.129 e. The number of aromatic hydroxyl groups is 4. The van der Waals surface area contributed by atoms with Crippen molar-refractivity contribution in [3.05, 3.63) is 182 Å². The molecule has 98 heavy (non-hydrogen) atoms. The van der Waals surface area contributed by atoms with E-state index >= 15 is 0 Å². The van der Waals surface area contributed by atoms with E-state index in [0.29, 0.717) is 42.7 Å². The molecule has 0 amide bonds. The molecule has 0 atom stereocenters. The first-order chi connectivity index (χ1) is 47.2. The highest BCUT2D eigenvalue weighted by molar-refractivity contribution is 5.87. The molecule has 0 spiro atoms. The molecule has 0 saturated heterocycles.